The summed E-state index contributed by atoms with van der Waals surface area (Å²) in [4.78, 5) is 29.2. The zero-order valence-corrected chi connectivity index (χ0v) is 19.3. The molecular weight excluding hydrogens is 456 g/mol. The van der Waals surface area contributed by atoms with Crippen molar-refractivity contribution in [2.45, 2.75) is 5.03 Å². The summed E-state index contributed by atoms with van der Waals surface area (Å²) >= 11 is 5.95. The number of sulfonamides is 1. The van der Waals surface area contributed by atoms with Gasteiger partial charge >= 0.3 is 0 Å². The molecule has 0 spiro atoms. The van der Waals surface area contributed by atoms with Gasteiger partial charge in [0, 0.05) is 76.3 Å². The Morgan fingerprint density at radius 1 is 1.00 bits per heavy atom. The fourth-order valence-electron chi connectivity index (χ4n) is 3.97. The van der Waals surface area contributed by atoms with E-state index in [4.69, 9.17) is 11.6 Å². The van der Waals surface area contributed by atoms with E-state index in [0.717, 1.165) is 12.1 Å². The Morgan fingerprint density at radius 3 is 2.22 bits per heavy atom. The highest BCUT2D eigenvalue weighted by Gasteiger charge is 2.36. The molecule has 0 unspecified atom stereocenters. The van der Waals surface area contributed by atoms with Crippen molar-refractivity contribution in [3.8, 4) is 0 Å². The minimum atomic E-state index is -3.94. The van der Waals surface area contributed by atoms with Gasteiger partial charge in [-0.3, -0.25) is 14.3 Å². The molecule has 172 valence electrons. The number of nitrogens with zero attached hydrogens (tertiary/aromatic N) is 6. The molecule has 32 heavy (non-hydrogen) atoms. The van der Waals surface area contributed by atoms with E-state index in [1.807, 2.05) is 12.1 Å². The SMILES string of the molecule is Cn1cc(C(=O)N2CCN(C=O)CC2)c(S(=O)(=O)N2CCN(c3ccc(Cl)cc3)CC2)n1. The van der Waals surface area contributed by atoms with Gasteiger partial charge in [-0.15, -0.1) is 0 Å². The summed E-state index contributed by atoms with van der Waals surface area (Å²) in [7, 11) is -2.35. The van der Waals surface area contributed by atoms with E-state index in [9.17, 15) is 18.0 Å². The first-order valence-electron chi connectivity index (χ1n) is 10.3. The summed E-state index contributed by atoms with van der Waals surface area (Å²) in [6, 6.07) is 7.43. The fraction of sp³-hybridized carbons (Fsp3) is 0.450. The van der Waals surface area contributed by atoms with Crippen LogP contribution >= 0.6 is 11.6 Å². The lowest BCUT2D eigenvalue weighted by molar-refractivity contribution is -0.119. The molecule has 2 aliphatic rings. The summed E-state index contributed by atoms with van der Waals surface area (Å²) < 4.78 is 29.5. The first-order chi connectivity index (χ1) is 15.3. The van der Waals surface area contributed by atoms with Crippen LogP contribution in [0.4, 0.5) is 5.69 Å². The number of aryl methyl sites for hydroxylation is 1. The van der Waals surface area contributed by atoms with Crippen LogP contribution in [0.1, 0.15) is 10.4 Å². The van der Waals surface area contributed by atoms with Crippen LogP contribution in [-0.4, -0.2) is 97.0 Å². The van der Waals surface area contributed by atoms with Gasteiger partial charge in [-0.2, -0.15) is 9.40 Å². The first kappa shape index (κ1) is 22.6. The average Bonchev–Trinajstić information content (AvgIpc) is 3.22. The second kappa shape index (κ2) is 9.08. The van der Waals surface area contributed by atoms with Crippen LogP contribution in [0, 0.1) is 0 Å². The van der Waals surface area contributed by atoms with E-state index in [0.29, 0.717) is 44.3 Å². The minimum absolute atomic E-state index is 0.0622. The highest BCUT2D eigenvalue weighted by Crippen LogP contribution is 2.24. The highest BCUT2D eigenvalue weighted by molar-refractivity contribution is 7.89. The molecule has 0 aliphatic carbocycles. The maximum atomic E-state index is 13.4. The van der Waals surface area contributed by atoms with E-state index >= 15 is 0 Å². The summed E-state index contributed by atoms with van der Waals surface area (Å²) in [6.45, 7) is 3.15. The van der Waals surface area contributed by atoms with Gasteiger partial charge in [0.2, 0.25) is 11.4 Å². The number of amides is 2. The van der Waals surface area contributed by atoms with E-state index < -0.39 is 10.0 Å². The van der Waals surface area contributed by atoms with Crippen molar-refractivity contribution in [2.24, 2.45) is 7.05 Å². The van der Waals surface area contributed by atoms with E-state index in [1.165, 1.54) is 15.2 Å². The lowest BCUT2D eigenvalue weighted by atomic mass is 10.2. The van der Waals surface area contributed by atoms with Crippen molar-refractivity contribution < 1.29 is 18.0 Å². The van der Waals surface area contributed by atoms with Gasteiger partial charge in [-0.1, -0.05) is 11.6 Å². The molecular formula is C20H25ClN6O4S. The molecule has 0 N–H and O–H groups in total. The number of carbonyl (C=O) groups is 2. The van der Waals surface area contributed by atoms with Gasteiger partial charge < -0.3 is 14.7 Å². The van der Waals surface area contributed by atoms with Crippen LogP contribution in [0.25, 0.3) is 0 Å². The van der Waals surface area contributed by atoms with Crippen LogP contribution in [0.5, 0.6) is 0 Å². The van der Waals surface area contributed by atoms with Crippen molar-refractivity contribution in [3.63, 3.8) is 0 Å². The monoisotopic (exact) mass is 480 g/mol. The summed E-state index contributed by atoms with van der Waals surface area (Å²) in [5, 5.41) is 4.56. The number of aromatic nitrogens is 2. The molecule has 0 saturated carbocycles. The number of hydrogen-bond acceptors (Lipinski definition) is 6. The lowest BCUT2D eigenvalue weighted by Gasteiger charge is -2.35. The summed E-state index contributed by atoms with van der Waals surface area (Å²) in [5.74, 6) is -0.387. The van der Waals surface area contributed by atoms with Gasteiger partial charge in [0.1, 0.15) is 0 Å². The Labute approximate surface area is 192 Å². The highest BCUT2D eigenvalue weighted by atomic mass is 35.5. The molecule has 10 nitrogen and oxygen atoms in total. The number of rotatable bonds is 5. The van der Waals surface area contributed by atoms with Crippen molar-refractivity contribution in [1.82, 2.24) is 23.9 Å². The third-order valence-electron chi connectivity index (χ3n) is 5.79. The number of benzene rings is 1. The molecule has 2 aromatic rings. The third-order valence-corrected chi connectivity index (χ3v) is 7.88. The lowest BCUT2D eigenvalue weighted by Crippen LogP contribution is -2.50. The van der Waals surface area contributed by atoms with Crippen LogP contribution in [0.15, 0.2) is 35.5 Å². The second-order valence-electron chi connectivity index (χ2n) is 7.82. The average molecular weight is 481 g/mol. The zero-order valence-electron chi connectivity index (χ0n) is 17.7. The Bertz CT molecular complexity index is 1090. The molecule has 12 heteroatoms. The molecule has 4 rings (SSSR count). The smallest absolute Gasteiger partial charge is 0.263 e. The zero-order chi connectivity index (χ0) is 22.9. The van der Waals surface area contributed by atoms with Gasteiger partial charge in [-0.25, -0.2) is 8.42 Å². The largest absolute Gasteiger partial charge is 0.369 e. The molecule has 2 fully saturated rings. The molecule has 0 bridgehead atoms. The van der Waals surface area contributed by atoms with E-state index in [-0.39, 0.29) is 29.6 Å². The predicted molar refractivity (Wildman–Crippen MR) is 119 cm³/mol. The van der Waals surface area contributed by atoms with E-state index in [1.54, 1.807) is 29.0 Å². The second-order valence-corrected chi connectivity index (χ2v) is 10.1. The summed E-state index contributed by atoms with van der Waals surface area (Å²) in [6.07, 6.45) is 2.21. The van der Waals surface area contributed by atoms with Crippen molar-refractivity contribution in [1.29, 1.82) is 0 Å². The molecule has 0 radical (unpaired) electrons. The maximum absolute atomic E-state index is 13.4. The Balaban J connectivity index is 1.49. The van der Waals surface area contributed by atoms with Gasteiger partial charge in [-0.05, 0) is 24.3 Å². The van der Waals surface area contributed by atoms with Crippen molar-refractivity contribution >= 4 is 39.6 Å². The maximum Gasteiger partial charge on any atom is 0.263 e. The van der Waals surface area contributed by atoms with Gasteiger partial charge in [0.25, 0.3) is 15.9 Å². The number of piperazine rings is 2. The molecule has 3 heterocycles. The molecule has 2 aliphatic heterocycles. The van der Waals surface area contributed by atoms with Gasteiger partial charge in [0.05, 0.1) is 5.56 Å². The minimum Gasteiger partial charge on any atom is -0.369 e. The van der Waals surface area contributed by atoms with Crippen LogP contribution in [-0.2, 0) is 21.9 Å². The Kier molecular flexibility index (Phi) is 6.40. The molecule has 2 amide bonds. The van der Waals surface area contributed by atoms with Crippen molar-refractivity contribution in [2.75, 3.05) is 57.3 Å². The Hall–Kier alpha value is -2.63. The molecule has 1 aromatic carbocycles. The first-order valence-corrected chi connectivity index (χ1v) is 12.1. The molecule has 1 aromatic heterocycles. The number of hydrogen-bond donors (Lipinski definition) is 0. The van der Waals surface area contributed by atoms with Crippen LogP contribution in [0.2, 0.25) is 5.02 Å². The topological polar surface area (TPSA) is 99.1 Å². The number of halogens is 1. The summed E-state index contributed by atoms with van der Waals surface area (Å²) in [5.41, 5.74) is 1.04. The van der Waals surface area contributed by atoms with Crippen LogP contribution in [0.3, 0.4) is 0 Å². The normalized spacial score (nSPS) is 18.1. The molecule has 2 saturated heterocycles. The quantitative estimate of drug-likeness (QED) is 0.578. The van der Waals surface area contributed by atoms with Gasteiger partial charge in [0.15, 0.2) is 0 Å². The Morgan fingerprint density at radius 2 is 1.62 bits per heavy atom. The van der Waals surface area contributed by atoms with E-state index in [2.05, 4.69) is 10.00 Å². The fourth-order valence-corrected chi connectivity index (χ4v) is 5.63. The standard InChI is InChI=1S/C20H25ClN6O4S/c1-23-14-18(20(29)26-8-6-24(15-28)7-9-26)19(22-23)32(30,31)27-12-10-25(11-13-27)17-4-2-16(21)3-5-17/h2-5,14-15H,6-13H2,1H3. The number of carbonyl (C=O) groups excluding carboxylic acids is 2. The third kappa shape index (κ3) is 4.45. The van der Waals surface area contributed by atoms with Crippen molar-refractivity contribution in [3.05, 3.63) is 41.0 Å². The van der Waals surface area contributed by atoms with Crippen LogP contribution < -0.4 is 4.90 Å². The predicted octanol–water partition coefficient (Wildman–Crippen LogP) is 0.499. The molecule has 0 atom stereocenters. The number of anilines is 1.